The molecule has 2 aromatic carbocycles. The van der Waals surface area contributed by atoms with Crippen molar-refractivity contribution in [2.24, 2.45) is 0 Å². The summed E-state index contributed by atoms with van der Waals surface area (Å²) in [4.78, 5) is 0. The molecule has 2 aromatic rings. The molecule has 0 radical (unpaired) electrons. The van der Waals surface area contributed by atoms with Gasteiger partial charge in [-0.3, -0.25) is 0 Å². The highest BCUT2D eigenvalue weighted by Gasteiger charge is 2.14. The average Bonchev–Trinajstić information content (AvgIpc) is 2.39. The minimum atomic E-state index is -0.351. The zero-order valence-electron chi connectivity index (χ0n) is 11.4. The summed E-state index contributed by atoms with van der Waals surface area (Å²) in [6.45, 7) is 4.16. The standard InChI is InChI=1S/C16H16BrClFN/c1-3-15(11-6-4-10(2)5-7-11)20-16-13(17)8-12(19)9-14(16)18/h4-9,15,20H,3H2,1-2H3. The molecule has 0 aliphatic rings. The molecule has 0 saturated heterocycles. The van der Waals surface area contributed by atoms with Crippen LogP contribution in [0.3, 0.4) is 0 Å². The number of nitrogens with one attached hydrogen (secondary N) is 1. The van der Waals surface area contributed by atoms with Crippen LogP contribution in [0.5, 0.6) is 0 Å². The number of halogens is 3. The van der Waals surface area contributed by atoms with Crippen LogP contribution in [0.15, 0.2) is 40.9 Å². The Morgan fingerprint density at radius 2 is 1.90 bits per heavy atom. The maximum Gasteiger partial charge on any atom is 0.125 e. The second-order valence-electron chi connectivity index (χ2n) is 4.76. The van der Waals surface area contributed by atoms with Crippen molar-refractivity contribution < 1.29 is 4.39 Å². The van der Waals surface area contributed by atoms with Gasteiger partial charge in [-0.15, -0.1) is 0 Å². The van der Waals surface area contributed by atoms with Crippen molar-refractivity contribution in [3.05, 3.63) is 62.8 Å². The Morgan fingerprint density at radius 1 is 1.25 bits per heavy atom. The third-order valence-electron chi connectivity index (χ3n) is 3.21. The highest BCUT2D eigenvalue weighted by molar-refractivity contribution is 9.10. The van der Waals surface area contributed by atoms with E-state index in [2.05, 4.69) is 59.4 Å². The zero-order valence-corrected chi connectivity index (χ0v) is 13.7. The van der Waals surface area contributed by atoms with Gasteiger partial charge in [0, 0.05) is 4.47 Å². The topological polar surface area (TPSA) is 12.0 Å². The van der Waals surface area contributed by atoms with Crippen LogP contribution in [0.4, 0.5) is 10.1 Å². The molecule has 0 spiro atoms. The molecule has 0 amide bonds. The molecule has 1 nitrogen and oxygen atoms in total. The molecule has 0 fully saturated rings. The largest absolute Gasteiger partial charge is 0.376 e. The predicted octanol–water partition coefficient (Wildman–Crippen LogP) is 6.11. The van der Waals surface area contributed by atoms with Gasteiger partial charge in [0.25, 0.3) is 0 Å². The van der Waals surface area contributed by atoms with Crippen LogP contribution >= 0.6 is 27.5 Å². The van der Waals surface area contributed by atoms with E-state index in [1.807, 2.05) is 0 Å². The Balaban J connectivity index is 2.29. The van der Waals surface area contributed by atoms with E-state index < -0.39 is 0 Å². The van der Waals surface area contributed by atoms with Gasteiger partial charge in [-0.05, 0) is 47.0 Å². The van der Waals surface area contributed by atoms with E-state index in [0.717, 1.165) is 12.1 Å². The lowest BCUT2D eigenvalue weighted by molar-refractivity contribution is 0.627. The van der Waals surface area contributed by atoms with Gasteiger partial charge in [0.1, 0.15) is 5.82 Å². The quantitative estimate of drug-likeness (QED) is 0.696. The van der Waals surface area contributed by atoms with E-state index >= 15 is 0 Å². The van der Waals surface area contributed by atoms with Crippen LogP contribution in [0, 0.1) is 12.7 Å². The lowest BCUT2D eigenvalue weighted by atomic mass is 10.0. The molecule has 0 aliphatic heterocycles. The first-order valence-corrected chi connectivity index (χ1v) is 7.66. The molecule has 1 unspecified atom stereocenters. The van der Waals surface area contributed by atoms with Crippen LogP contribution in [0.25, 0.3) is 0 Å². The first-order chi connectivity index (χ1) is 9.51. The van der Waals surface area contributed by atoms with Crippen molar-refractivity contribution in [2.45, 2.75) is 26.3 Å². The van der Waals surface area contributed by atoms with Gasteiger partial charge in [-0.25, -0.2) is 4.39 Å². The molecule has 0 aromatic heterocycles. The summed E-state index contributed by atoms with van der Waals surface area (Å²) in [5.41, 5.74) is 3.13. The summed E-state index contributed by atoms with van der Waals surface area (Å²) in [6, 6.07) is 11.2. The fourth-order valence-electron chi connectivity index (χ4n) is 2.07. The summed E-state index contributed by atoms with van der Waals surface area (Å²) >= 11 is 9.47. The summed E-state index contributed by atoms with van der Waals surface area (Å²) in [5.74, 6) is -0.351. The number of rotatable bonds is 4. The molecule has 4 heteroatoms. The molecule has 0 aliphatic carbocycles. The van der Waals surface area contributed by atoms with E-state index in [1.54, 1.807) is 0 Å². The van der Waals surface area contributed by atoms with E-state index in [-0.39, 0.29) is 11.9 Å². The van der Waals surface area contributed by atoms with Gasteiger partial charge >= 0.3 is 0 Å². The molecule has 1 N–H and O–H groups in total. The summed E-state index contributed by atoms with van der Waals surface area (Å²) in [7, 11) is 0. The molecule has 0 bridgehead atoms. The first kappa shape index (κ1) is 15.3. The van der Waals surface area contributed by atoms with Crippen molar-refractivity contribution in [1.82, 2.24) is 0 Å². The fourth-order valence-corrected chi connectivity index (χ4v) is 3.00. The minimum Gasteiger partial charge on any atom is -0.376 e. The van der Waals surface area contributed by atoms with Crippen LogP contribution < -0.4 is 5.32 Å². The molecule has 20 heavy (non-hydrogen) atoms. The van der Waals surface area contributed by atoms with Crippen LogP contribution in [0.1, 0.15) is 30.5 Å². The Labute approximate surface area is 132 Å². The van der Waals surface area contributed by atoms with Crippen molar-refractivity contribution in [2.75, 3.05) is 5.32 Å². The van der Waals surface area contributed by atoms with Gasteiger partial charge in [-0.1, -0.05) is 48.4 Å². The molecule has 0 heterocycles. The third kappa shape index (κ3) is 3.53. The fraction of sp³-hybridized carbons (Fsp3) is 0.250. The second-order valence-corrected chi connectivity index (χ2v) is 6.02. The Hall–Kier alpha value is -1.06. The third-order valence-corrected chi connectivity index (χ3v) is 4.14. The number of hydrogen-bond donors (Lipinski definition) is 1. The summed E-state index contributed by atoms with van der Waals surface area (Å²) in [5, 5.41) is 3.76. The van der Waals surface area contributed by atoms with Crippen molar-refractivity contribution in [3.63, 3.8) is 0 Å². The van der Waals surface area contributed by atoms with E-state index in [0.29, 0.717) is 9.50 Å². The lowest BCUT2D eigenvalue weighted by Crippen LogP contribution is -2.10. The van der Waals surface area contributed by atoms with Crippen LogP contribution in [-0.2, 0) is 0 Å². The zero-order chi connectivity index (χ0) is 14.7. The maximum absolute atomic E-state index is 13.3. The molecule has 0 saturated carbocycles. The van der Waals surface area contributed by atoms with Gasteiger partial charge in [-0.2, -0.15) is 0 Å². The van der Waals surface area contributed by atoms with Crippen molar-refractivity contribution in [3.8, 4) is 0 Å². The van der Waals surface area contributed by atoms with Crippen LogP contribution in [-0.4, -0.2) is 0 Å². The second kappa shape index (κ2) is 6.59. The van der Waals surface area contributed by atoms with Crippen molar-refractivity contribution in [1.29, 1.82) is 0 Å². The highest BCUT2D eigenvalue weighted by atomic mass is 79.9. The van der Waals surface area contributed by atoms with Crippen LogP contribution in [0.2, 0.25) is 5.02 Å². The number of hydrogen-bond acceptors (Lipinski definition) is 1. The minimum absolute atomic E-state index is 0.134. The van der Waals surface area contributed by atoms with Gasteiger partial charge in [0.05, 0.1) is 16.8 Å². The number of anilines is 1. The van der Waals surface area contributed by atoms with Crippen molar-refractivity contribution >= 4 is 33.2 Å². The summed E-state index contributed by atoms with van der Waals surface area (Å²) < 4.78 is 13.9. The van der Waals surface area contributed by atoms with Gasteiger partial charge < -0.3 is 5.32 Å². The van der Waals surface area contributed by atoms with Gasteiger partial charge in [0.2, 0.25) is 0 Å². The number of benzene rings is 2. The highest BCUT2D eigenvalue weighted by Crippen LogP contribution is 2.35. The monoisotopic (exact) mass is 355 g/mol. The average molecular weight is 357 g/mol. The first-order valence-electron chi connectivity index (χ1n) is 6.49. The molecule has 106 valence electrons. The normalized spacial score (nSPS) is 12.2. The lowest BCUT2D eigenvalue weighted by Gasteiger charge is -2.21. The van der Waals surface area contributed by atoms with E-state index in [1.165, 1.54) is 23.3 Å². The maximum atomic E-state index is 13.3. The summed E-state index contributed by atoms with van der Waals surface area (Å²) in [6.07, 6.45) is 0.906. The Bertz CT molecular complexity index is 575. The molecule has 2 rings (SSSR count). The van der Waals surface area contributed by atoms with Gasteiger partial charge in [0.15, 0.2) is 0 Å². The van der Waals surface area contributed by atoms with E-state index in [9.17, 15) is 4.39 Å². The van der Waals surface area contributed by atoms with E-state index in [4.69, 9.17) is 11.6 Å². The smallest absolute Gasteiger partial charge is 0.125 e. The Morgan fingerprint density at radius 3 is 2.45 bits per heavy atom. The number of aryl methyl sites for hydroxylation is 1. The predicted molar refractivity (Wildman–Crippen MR) is 86.9 cm³/mol. The molecular weight excluding hydrogens is 341 g/mol. The molecule has 1 atom stereocenters. The SMILES string of the molecule is CCC(Nc1c(Cl)cc(F)cc1Br)c1ccc(C)cc1. The Kier molecular flexibility index (Phi) is 5.06. The molecular formula is C16H16BrClFN.